The number of rotatable bonds is 8. The Bertz CT molecular complexity index is 1880. The lowest BCUT2D eigenvalue weighted by molar-refractivity contribution is -0.129. The first-order valence-corrected chi connectivity index (χ1v) is 16.4. The van der Waals surface area contributed by atoms with E-state index in [9.17, 15) is 19.1 Å². The van der Waals surface area contributed by atoms with Crippen LogP contribution in [0.25, 0.3) is 32.9 Å². The van der Waals surface area contributed by atoms with Gasteiger partial charge in [-0.05, 0) is 86.1 Å². The molecule has 0 bridgehead atoms. The average Bonchev–Trinajstić information content (AvgIpc) is 3.67. The number of halogens is 2. The van der Waals surface area contributed by atoms with Gasteiger partial charge in [-0.15, -0.1) is 0 Å². The summed E-state index contributed by atoms with van der Waals surface area (Å²) in [7, 11) is 1.55. The van der Waals surface area contributed by atoms with Crippen LogP contribution in [0, 0.1) is 23.5 Å². The number of pyridine rings is 1. The van der Waals surface area contributed by atoms with E-state index in [2.05, 4.69) is 20.2 Å². The number of aldehydes is 1. The fourth-order valence-electron chi connectivity index (χ4n) is 8.03. The number of carbonyl (C=O) groups excluding carboxylic acids is 2. The van der Waals surface area contributed by atoms with Gasteiger partial charge in [0.1, 0.15) is 41.5 Å². The lowest BCUT2D eigenvalue weighted by atomic mass is 9.85. The molecule has 10 nitrogen and oxygen atoms in total. The minimum Gasteiger partial charge on any atom is -0.508 e. The molecule has 2 N–H and O–H groups in total. The summed E-state index contributed by atoms with van der Waals surface area (Å²) in [5, 5.41) is 14.6. The summed E-state index contributed by atoms with van der Waals surface area (Å²) in [5.41, 5.74) is 0.411. The molecule has 1 amide bonds. The Hall–Kier alpha value is -4.45. The molecular weight excluding hydrogens is 606 g/mol. The third-order valence-electron chi connectivity index (χ3n) is 10.4. The van der Waals surface area contributed by atoms with E-state index in [1.54, 1.807) is 13.1 Å². The zero-order valence-electron chi connectivity index (χ0n) is 26.6. The van der Waals surface area contributed by atoms with Crippen molar-refractivity contribution in [2.24, 2.45) is 11.8 Å². The van der Waals surface area contributed by atoms with E-state index in [0.717, 1.165) is 45.1 Å². The number of aromatic nitrogens is 3. The fourth-order valence-corrected chi connectivity index (χ4v) is 8.03. The summed E-state index contributed by atoms with van der Waals surface area (Å²) in [6.07, 6.45) is 7.19. The molecule has 4 aromatic rings. The van der Waals surface area contributed by atoms with Gasteiger partial charge in [-0.1, -0.05) is 13.0 Å². The minimum atomic E-state index is -0.761. The number of hydrogen-bond acceptors (Lipinski definition) is 9. The molecule has 3 aliphatic heterocycles. The molecule has 0 aliphatic carbocycles. The number of phenolic OH excluding ortho intramolecular Hbond substituents is 1. The molecule has 0 saturated carbocycles. The first kappa shape index (κ1) is 31.2. The van der Waals surface area contributed by atoms with E-state index in [0.29, 0.717) is 53.5 Å². The summed E-state index contributed by atoms with van der Waals surface area (Å²) in [5.74, 6) is -2.21. The molecule has 246 valence electrons. The van der Waals surface area contributed by atoms with Crippen molar-refractivity contribution in [3.8, 4) is 23.0 Å². The number of ether oxygens (including phenoxy) is 1. The first-order valence-electron chi connectivity index (χ1n) is 16.4. The molecule has 12 heteroatoms. The SMILES string of the molecule is CCc1c(F)ccc2cc(O)cc(-c3ncc4c(N5CCC(C(=O)NC)C(C=O)C5)nc(OCC56CCCN5CCC6)nc4c3F)c12. The molecule has 3 fully saturated rings. The van der Waals surface area contributed by atoms with Crippen LogP contribution in [0.1, 0.15) is 44.6 Å². The summed E-state index contributed by atoms with van der Waals surface area (Å²) in [6, 6.07) is 5.81. The molecule has 5 heterocycles. The molecule has 3 saturated heterocycles. The maximum Gasteiger partial charge on any atom is 0.319 e. The number of piperidine rings is 1. The number of carbonyl (C=O) groups is 2. The van der Waals surface area contributed by atoms with Crippen molar-refractivity contribution in [3.63, 3.8) is 0 Å². The van der Waals surface area contributed by atoms with Crippen LogP contribution in [0.5, 0.6) is 11.8 Å². The van der Waals surface area contributed by atoms with Crippen LogP contribution < -0.4 is 15.0 Å². The van der Waals surface area contributed by atoms with Crippen molar-refractivity contribution >= 4 is 39.7 Å². The Kier molecular flexibility index (Phi) is 8.15. The van der Waals surface area contributed by atoms with Gasteiger partial charge in [0.25, 0.3) is 0 Å². The highest BCUT2D eigenvalue weighted by atomic mass is 19.1. The third kappa shape index (κ3) is 5.32. The van der Waals surface area contributed by atoms with Crippen LogP contribution in [-0.4, -0.2) is 82.5 Å². The number of nitrogens with one attached hydrogen (secondary N) is 1. The van der Waals surface area contributed by atoms with Crippen molar-refractivity contribution in [2.75, 3.05) is 44.7 Å². The first-order chi connectivity index (χ1) is 22.8. The zero-order chi connectivity index (χ0) is 32.9. The Morgan fingerprint density at radius 1 is 1.17 bits per heavy atom. The van der Waals surface area contributed by atoms with E-state index in [4.69, 9.17) is 9.72 Å². The van der Waals surface area contributed by atoms with E-state index < -0.39 is 23.5 Å². The lowest BCUT2D eigenvalue weighted by Gasteiger charge is -2.36. The van der Waals surface area contributed by atoms with Gasteiger partial charge in [0.05, 0.1) is 16.8 Å². The number of anilines is 1. The largest absolute Gasteiger partial charge is 0.508 e. The van der Waals surface area contributed by atoms with Gasteiger partial charge >= 0.3 is 6.01 Å². The Labute approximate surface area is 271 Å². The summed E-state index contributed by atoms with van der Waals surface area (Å²) < 4.78 is 38.2. The number of fused-ring (bicyclic) bond motifs is 3. The van der Waals surface area contributed by atoms with Crippen LogP contribution in [0.2, 0.25) is 0 Å². The van der Waals surface area contributed by atoms with Crippen molar-refractivity contribution in [2.45, 2.75) is 51.0 Å². The number of phenols is 1. The highest BCUT2D eigenvalue weighted by Gasteiger charge is 2.45. The van der Waals surface area contributed by atoms with Gasteiger partial charge in [0, 0.05) is 37.8 Å². The van der Waals surface area contributed by atoms with E-state index in [1.807, 2.05) is 11.8 Å². The fraction of sp³-hybridized carbons (Fsp3) is 0.457. The van der Waals surface area contributed by atoms with Crippen LogP contribution >= 0.6 is 0 Å². The Balaban J connectivity index is 1.36. The standard InChI is InChI=1S/C35H38F2N6O4/c1-3-23-27(36)7-6-20-14-22(45)15-25(28(20)23)30-29(37)31-26(16-39-30)32(42-13-8-24(33(46)38-2)21(17-42)18-44)41-34(40-31)47-19-35-9-4-11-43(35)12-5-10-35/h6-7,14-16,18,21,24,45H,3-5,8-13,17,19H2,1-2H3,(H,38,46). The zero-order valence-corrected chi connectivity index (χ0v) is 26.6. The minimum absolute atomic E-state index is 0.00816. The van der Waals surface area contributed by atoms with Crippen molar-refractivity contribution < 1.29 is 28.2 Å². The maximum atomic E-state index is 16.9. The molecule has 2 aromatic heterocycles. The van der Waals surface area contributed by atoms with Crippen LogP contribution in [0.15, 0.2) is 30.5 Å². The monoisotopic (exact) mass is 644 g/mol. The molecular formula is C35H38F2N6O4. The normalized spacial score (nSPS) is 20.9. The molecule has 7 rings (SSSR count). The van der Waals surface area contributed by atoms with Gasteiger partial charge in [0.15, 0.2) is 5.82 Å². The van der Waals surface area contributed by atoms with Gasteiger partial charge in [-0.25, -0.2) is 8.78 Å². The molecule has 2 aromatic carbocycles. The molecule has 0 spiro atoms. The van der Waals surface area contributed by atoms with E-state index >= 15 is 4.39 Å². The molecule has 2 atom stereocenters. The smallest absolute Gasteiger partial charge is 0.319 e. The number of amides is 1. The Morgan fingerprint density at radius 2 is 1.96 bits per heavy atom. The van der Waals surface area contributed by atoms with Crippen LogP contribution in [-0.2, 0) is 16.0 Å². The topological polar surface area (TPSA) is 121 Å². The predicted octanol–water partition coefficient (Wildman–Crippen LogP) is 4.79. The van der Waals surface area contributed by atoms with Gasteiger partial charge in [0.2, 0.25) is 5.91 Å². The van der Waals surface area contributed by atoms with Crippen LogP contribution in [0.3, 0.4) is 0 Å². The number of aryl methyl sites for hydroxylation is 1. The number of aromatic hydroxyl groups is 1. The molecule has 47 heavy (non-hydrogen) atoms. The second-order valence-electron chi connectivity index (χ2n) is 12.9. The molecule has 2 unspecified atom stereocenters. The number of hydrogen-bond donors (Lipinski definition) is 2. The lowest BCUT2D eigenvalue weighted by Crippen LogP contribution is -2.47. The van der Waals surface area contributed by atoms with E-state index in [-0.39, 0.29) is 46.5 Å². The number of nitrogens with zero attached hydrogens (tertiary/aromatic N) is 5. The van der Waals surface area contributed by atoms with Crippen LogP contribution in [0.4, 0.5) is 14.6 Å². The average molecular weight is 645 g/mol. The van der Waals surface area contributed by atoms with E-state index in [1.165, 1.54) is 24.4 Å². The van der Waals surface area contributed by atoms with Gasteiger partial charge in [-0.2, -0.15) is 9.97 Å². The summed E-state index contributed by atoms with van der Waals surface area (Å²) >= 11 is 0. The number of benzene rings is 2. The van der Waals surface area contributed by atoms with Crippen molar-refractivity contribution in [1.82, 2.24) is 25.2 Å². The molecule has 0 radical (unpaired) electrons. The Morgan fingerprint density at radius 3 is 2.68 bits per heavy atom. The molecule has 3 aliphatic rings. The maximum absolute atomic E-state index is 16.9. The summed E-state index contributed by atoms with van der Waals surface area (Å²) in [4.78, 5) is 42.8. The summed E-state index contributed by atoms with van der Waals surface area (Å²) in [6.45, 7) is 4.81. The predicted molar refractivity (Wildman–Crippen MR) is 173 cm³/mol. The van der Waals surface area contributed by atoms with Crippen molar-refractivity contribution in [3.05, 3.63) is 47.7 Å². The highest BCUT2D eigenvalue weighted by molar-refractivity contribution is 6.01. The highest BCUT2D eigenvalue weighted by Crippen LogP contribution is 2.41. The van der Waals surface area contributed by atoms with Crippen molar-refractivity contribution in [1.29, 1.82) is 0 Å². The second-order valence-corrected chi connectivity index (χ2v) is 12.9. The van der Waals surface area contributed by atoms with Gasteiger partial charge in [-0.3, -0.25) is 14.7 Å². The third-order valence-corrected chi connectivity index (χ3v) is 10.4. The second kappa shape index (κ2) is 12.3. The van der Waals surface area contributed by atoms with Gasteiger partial charge < -0.3 is 24.9 Å². The quantitative estimate of drug-likeness (QED) is 0.261.